The van der Waals surface area contributed by atoms with Gasteiger partial charge in [-0.15, -0.1) is 0 Å². The Labute approximate surface area is 195 Å². The summed E-state index contributed by atoms with van der Waals surface area (Å²) >= 11 is 0. The molecule has 1 aliphatic rings. The van der Waals surface area contributed by atoms with Crippen LogP contribution in [0.3, 0.4) is 0 Å². The second-order valence-corrected chi connectivity index (χ2v) is 8.86. The maximum atomic E-state index is 12.8. The van der Waals surface area contributed by atoms with E-state index in [-0.39, 0.29) is 12.5 Å². The average molecular weight is 453 g/mol. The number of rotatable bonds is 8. The highest BCUT2D eigenvalue weighted by Gasteiger charge is 2.30. The van der Waals surface area contributed by atoms with Gasteiger partial charge in [-0.25, -0.2) is 4.79 Å². The van der Waals surface area contributed by atoms with E-state index < -0.39 is 11.7 Å². The fourth-order valence-corrected chi connectivity index (χ4v) is 3.36. The minimum atomic E-state index is -0.603. The van der Waals surface area contributed by atoms with Gasteiger partial charge in [0.15, 0.2) is 0 Å². The Balaban J connectivity index is 1.70. The zero-order valence-electron chi connectivity index (χ0n) is 19.6. The topological polar surface area (TPSA) is 68.3 Å². The first-order valence-electron chi connectivity index (χ1n) is 11.0. The van der Waals surface area contributed by atoms with Crippen molar-refractivity contribution in [2.45, 2.75) is 39.5 Å². The van der Waals surface area contributed by atoms with E-state index >= 15 is 0 Å². The fraction of sp³-hybridized carbons (Fsp3) is 0.385. The third-order valence-corrected chi connectivity index (χ3v) is 4.97. The molecule has 7 heteroatoms. The number of hydrogen-bond donors (Lipinski definition) is 0. The standard InChI is InChI=1S/C26H32N2O5/c1-5-15-31-22-11-12-23(32-19-20-9-7-6-8-10-20)21(16-22)17-27-13-14-28(18-24(27)29)25(30)33-26(2,3)4/h5-12,16H,1,13-15,17-19H2,2-4H3. The molecule has 0 bridgehead atoms. The molecule has 1 saturated heterocycles. The van der Waals surface area contributed by atoms with Gasteiger partial charge in [0, 0.05) is 25.2 Å². The summed E-state index contributed by atoms with van der Waals surface area (Å²) in [7, 11) is 0. The molecule has 0 saturated carbocycles. The van der Waals surface area contributed by atoms with Gasteiger partial charge in [-0.3, -0.25) is 9.69 Å². The van der Waals surface area contributed by atoms with Crippen LogP contribution in [0, 0.1) is 0 Å². The molecule has 0 unspecified atom stereocenters. The molecular formula is C26H32N2O5. The van der Waals surface area contributed by atoms with Crippen LogP contribution in [-0.4, -0.2) is 53.6 Å². The molecular weight excluding hydrogens is 420 g/mol. The van der Waals surface area contributed by atoms with Gasteiger partial charge >= 0.3 is 6.09 Å². The van der Waals surface area contributed by atoms with E-state index in [1.165, 1.54) is 4.90 Å². The molecule has 2 aromatic rings. The average Bonchev–Trinajstić information content (AvgIpc) is 2.78. The zero-order chi connectivity index (χ0) is 23.8. The Hall–Kier alpha value is -3.48. The molecule has 2 amide bonds. The van der Waals surface area contributed by atoms with E-state index in [0.717, 1.165) is 11.1 Å². The first kappa shape index (κ1) is 24.2. The van der Waals surface area contributed by atoms with Crippen LogP contribution in [0.4, 0.5) is 4.79 Å². The highest BCUT2D eigenvalue weighted by molar-refractivity contribution is 5.83. The van der Waals surface area contributed by atoms with Crippen molar-refractivity contribution in [3.63, 3.8) is 0 Å². The molecule has 1 heterocycles. The summed E-state index contributed by atoms with van der Waals surface area (Å²) in [5.41, 5.74) is 1.29. The SMILES string of the molecule is C=CCOc1ccc(OCc2ccccc2)c(CN2CCN(C(=O)OC(C)(C)C)CC2=O)c1. The van der Waals surface area contributed by atoms with Gasteiger partial charge in [0.2, 0.25) is 5.91 Å². The van der Waals surface area contributed by atoms with E-state index in [1.54, 1.807) is 31.7 Å². The third kappa shape index (κ3) is 7.27. The van der Waals surface area contributed by atoms with E-state index in [0.29, 0.717) is 44.3 Å². The number of piperazine rings is 1. The number of benzene rings is 2. The number of ether oxygens (including phenoxy) is 3. The van der Waals surface area contributed by atoms with Gasteiger partial charge in [0.1, 0.15) is 36.9 Å². The second-order valence-electron chi connectivity index (χ2n) is 8.86. The van der Waals surface area contributed by atoms with Gasteiger partial charge in [-0.2, -0.15) is 0 Å². The summed E-state index contributed by atoms with van der Waals surface area (Å²) < 4.78 is 17.2. The fourth-order valence-electron chi connectivity index (χ4n) is 3.36. The molecule has 0 aromatic heterocycles. The largest absolute Gasteiger partial charge is 0.490 e. The number of amides is 2. The molecule has 0 aliphatic carbocycles. The monoisotopic (exact) mass is 452 g/mol. The Morgan fingerprint density at radius 2 is 1.85 bits per heavy atom. The molecule has 7 nitrogen and oxygen atoms in total. The second kappa shape index (κ2) is 10.9. The van der Waals surface area contributed by atoms with Crippen LogP contribution in [0.25, 0.3) is 0 Å². The smallest absolute Gasteiger partial charge is 0.410 e. The summed E-state index contributed by atoms with van der Waals surface area (Å²) in [5, 5.41) is 0. The first-order chi connectivity index (χ1) is 15.7. The third-order valence-electron chi connectivity index (χ3n) is 4.97. The molecule has 3 rings (SSSR count). The minimum Gasteiger partial charge on any atom is -0.490 e. The van der Waals surface area contributed by atoms with Crippen LogP contribution in [-0.2, 0) is 22.7 Å². The lowest BCUT2D eigenvalue weighted by Crippen LogP contribution is -2.52. The quantitative estimate of drug-likeness (QED) is 0.555. The molecule has 0 N–H and O–H groups in total. The number of carbonyl (C=O) groups is 2. The normalized spacial score (nSPS) is 14.1. The van der Waals surface area contributed by atoms with Crippen LogP contribution < -0.4 is 9.47 Å². The van der Waals surface area contributed by atoms with Crippen molar-refractivity contribution in [1.82, 2.24) is 9.80 Å². The Bertz CT molecular complexity index is 968. The van der Waals surface area contributed by atoms with Gasteiger partial charge < -0.3 is 19.1 Å². The summed E-state index contributed by atoms with van der Waals surface area (Å²) in [6.45, 7) is 11.1. The Kier molecular flexibility index (Phi) is 7.98. The van der Waals surface area contributed by atoms with Crippen LogP contribution in [0.15, 0.2) is 61.2 Å². The molecule has 2 aromatic carbocycles. The summed E-state index contributed by atoms with van der Waals surface area (Å²) in [5.74, 6) is 1.22. The van der Waals surface area contributed by atoms with Crippen molar-refractivity contribution in [2.24, 2.45) is 0 Å². The lowest BCUT2D eigenvalue weighted by molar-refractivity contribution is -0.136. The predicted octanol–water partition coefficient (Wildman–Crippen LogP) is 4.41. The lowest BCUT2D eigenvalue weighted by Gasteiger charge is -2.35. The number of carbonyl (C=O) groups excluding carboxylic acids is 2. The highest BCUT2D eigenvalue weighted by Crippen LogP contribution is 2.27. The number of nitrogens with zero attached hydrogens (tertiary/aromatic N) is 2. The Morgan fingerprint density at radius 3 is 2.52 bits per heavy atom. The maximum Gasteiger partial charge on any atom is 0.410 e. The zero-order valence-corrected chi connectivity index (χ0v) is 19.6. The summed E-state index contributed by atoms with van der Waals surface area (Å²) in [6.07, 6.45) is 1.21. The van der Waals surface area contributed by atoms with Crippen LogP contribution >= 0.6 is 0 Å². The van der Waals surface area contributed by atoms with E-state index in [1.807, 2.05) is 48.5 Å². The lowest BCUT2D eigenvalue weighted by atomic mass is 10.1. The minimum absolute atomic E-state index is 0.0121. The first-order valence-corrected chi connectivity index (χ1v) is 11.0. The maximum absolute atomic E-state index is 12.8. The van der Waals surface area contributed by atoms with Crippen LogP contribution in [0.5, 0.6) is 11.5 Å². The highest BCUT2D eigenvalue weighted by atomic mass is 16.6. The molecule has 0 radical (unpaired) electrons. The van der Waals surface area contributed by atoms with Crippen molar-refractivity contribution >= 4 is 12.0 Å². The molecule has 1 fully saturated rings. The van der Waals surface area contributed by atoms with E-state index in [9.17, 15) is 9.59 Å². The summed E-state index contributed by atoms with van der Waals surface area (Å²) in [6, 6.07) is 15.5. The molecule has 176 valence electrons. The van der Waals surface area contributed by atoms with Gasteiger partial charge in [0.25, 0.3) is 0 Å². The van der Waals surface area contributed by atoms with Gasteiger partial charge in [0.05, 0.1) is 0 Å². The molecule has 33 heavy (non-hydrogen) atoms. The van der Waals surface area contributed by atoms with Gasteiger partial charge in [-0.1, -0.05) is 43.0 Å². The van der Waals surface area contributed by atoms with Crippen LogP contribution in [0.2, 0.25) is 0 Å². The molecule has 0 spiro atoms. The Morgan fingerprint density at radius 1 is 1.09 bits per heavy atom. The molecule has 1 aliphatic heterocycles. The van der Waals surface area contributed by atoms with Gasteiger partial charge in [-0.05, 0) is 44.5 Å². The predicted molar refractivity (Wildman–Crippen MR) is 126 cm³/mol. The van der Waals surface area contributed by atoms with Crippen molar-refractivity contribution in [1.29, 1.82) is 0 Å². The van der Waals surface area contributed by atoms with Crippen molar-refractivity contribution in [3.05, 3.63) is 72.3 Å². The number of hydrogen-bond acceptors (Lipinski definition) is 5. The van der Waals surface area contributed by atoms with E-state index in [4.69, 9.17) is 14.2 Å². The summed E-state index contributed by atoms with van der Waals surface area (Å²) in [4.78, 5) is 28.3. The van der Waals surface area contributed by atoms with Crippen molar-refractivity contribution < 1.29 is 23.8 Å². The van der Waals surface area contributed by atoms with Crippen molar-refractivity contribution in [2.75, 3.05) is 26.2 Å². The van der Waals surface area contributed by atoms with Crippen LogP contribution in [0.1, 0.15) is 31.9 Å². The van der Waals surface area contributed by atoms with E-state index in [2.05, 4.69) is 6.58 Å². The molecule has 0 atom stereocenters. The van der Waals surface area contributed by atoms with Crippen molar-refractivity contribution in [3.8, 4) is 11.5 Å².